The Labute approximate surface area is 166 Å². The summed E-state index contributed by atoms with van der Waals surface area (Å²) in [5, 5.41) is 5.36. The number of alkyl halides is 2. The van der Waals surface area contributed by atoms with E-state index >= 15 is 0 Å². The van der Waals surface area contributed by atoms with Crippen molar-refractivity contribution in [1.82, 2.24) is 15.5 Å². The molecule has 0 unspecified atom stereocenters. The van der Waals surface area contributed by atoms with Crippen LogP contribution in [-0.4, -0.2) is 48.6 Å². The molecule has 1 aliphatic carbocycles. The summed E-state index contributed by atoms with van der Waals surface area (Å²) < 4.78 is 34.1. The molecule has 158 valence electrons. The lowest BCUT2D eigenvalue weighted by atomic mass is 9.82. The number of hydrogen-bond donors (Lipinski definition) is 2. The molecule has 1 aliphatic heterocycles. The Morgan fingerprint density at radius 1 is 1.24 bits per heavy atom. The number of halogens is 2. The second-order valence-electron chi connectivity index (χ2n) is 7.10. The van der Waals surface area contributed by atoms with Gasteiger partial charge in [-0.05, 0) is 30.5 Å². The molecule has 1 spiro atoms. The van der Waals surface area contributed by atoms with Crippen molar-refractivity contribution in [2.45, 2.75) is 50.8 Å². The fourth-order valence-electron chi connectivity index (χ4n) is 3.73. The highest BCUT2D eigenvalue weighted by Crippen LogP contribution is 2.33. The zero-order valence-electron chi connectivity index (χ0n) is 16.0. The van der Waals surface area contributed by atoms with E-state index in [-0.39, 0.29) is 30.5 Å². The quantitative estimate of drug-likeness (QED) is 0.671. The van der Waals surface area contributed by atoms with Gasteiger partial charge in [-0.1, -0.05) is 25.3 Å². The number of rotatable bonds is 7. The lowest BCUT2D eigenvalue weighted by Gasteiger charge is -2.30. The van der Waals surface area contributed by atoms with E-state index in [0.29, 0.717) is 18.4 Å². The first-order chi connectivity index (χ1) is 13.8. The van der Waals surface area contributed by atoms with E-state index in [1.54, 1.807) is 0 Å². The predicted molar refractivity (Wildman–Crippen MR) is 97.5 cm³/mol. The van der Waals surface area contributed by atoms with Crippen molar-refractivity contribution in [3.8, 4) is 11.5 Å². The number of methoxy groups -OCH3 is 1. The van der Waals surface area contributed by atoms with Crippen molar-refractivity contribution < 1.29 is 32.6 Å². The molecule has 1 heterocycles. The molecule has 0 radical (unpaired) electrons. The van der Waals surface area contributed by atoms with Gasteiger partial charge in [0.1, 0.15) is 12.1 Å². The Kier molecular flexibility index (Phi) is 6.19. The highest BCUT2D eigenvalue weighted by Gasteiger charge is 2.51. The molecular formula is C19H23F2N3O5. The molecule has 2 N–H and O–H groups in total. The summed E-state index contributed by atoms with van der Waals surface area (Å²) in [7, 11) is 1.31. The molecule has 0 aromatic heterocycles. The first-order valence-electron chi connectivity index (χ1n) is 9.37. The lowest BCUT2D eigenvalue weighted by Crippen LogP contribution is -2.49. The summed E-state index contributed by atoms with van der Waals surface area (Å²) in [5.41, 5.74) is -0.290. The highest BCUT2D eigenvalue weighted by atomic mass is 19.3. The standard InChI is InChI=1S/C19H23F2N3O5/c1-28-14-9-12(5-6-13(14)29-17(20)21)10-22-15(25)11-24-16(26)19(23-18(24)27)7-3-2-4-8-19/h5-6,9,17H,2-4,7-8,10-11H2,1H3,(H,22,25)(H,23,27). The van der Waals surface area contributed by atoms with Gasteiger partial charge in [0.2, 0.25) is 5.91 Å². The molecule has 8 nitrogen and oxygen atoms in total. The fourth-order valence-corrected chi connectivity index (χ4v) is 3.73. The van der Waals surface area contributed by atoms with Crippen LogP contribution in [0.1, 0.15) is 37.7 Å². The second-order valence-corrected chi connectivity index (χ2v) is 7.10. The number of hydrogen-bond acceptors (Lipinski definition) is 5. The molecule has 1 saturated heterocycles. The Balaban J connectivity index is 1.57. The third-order valence-corrected chi connectivity index (χ3v) is 5.19. The highest BCUT2D eigenvalue weighted by molar-refractivity contribution is 6.09. The number of nitrogens with zero attached hydrogens (tertiary/aromatic N) is 1. The third-order valence-electron chi connectivity index (χ3n) is 5.19. The fraction of sp³-hybridized carbons (Fsp3) is 0.526. The van der Waals surface area contributed by atoms with Gasteiger partial charge in [-0.3, -0.25) is 14.5 Å². The maximum absolute atomic E-state index is 12.7. The number of carbonyl (C=O) groups is 3. The third kappa shape index (κ3) is 4.57. The topological polar surface area (TPSA) is 97.0 Å². The van der Waals surface area contributed by atoms with E-state index in [0.717, 1.165) is 24.2 Å². The minimum Gasteiger partial charge on any atom is -0.493 e. The molecule has 1 aromatic carbocycles. The molecule has 4 amide bonds. The predicted octanol–water partition coefficient (Wildman–Crippen LogP) is 2.17. The molecule has 2 fully saturated rings. The molecule has 0 bridgehead atoms. The number of imide groups is 1. The Morgan fingerprint density at radius 2 is 1.97 bits per heavy atom. The van der Waals surface area contributed by atoms with Crippen LogP contribution in [0.5, 0.6) is 11.5 Å². The SMILES string of the molecule is COc1cc(CNC(=O)CN2C(=O)NC3(CCCCC3)C2=O)ccc1OC(F)F. The monoisotopic (exact) mass is 411 g/mol. The first-order valence-corrected chi connectivity index (χ1v) is 9.37. The molecule has 0 atom stereocenters. The van der Waals surface area contributed by atoms with Crippen molar-refractivity contribution in [3.05, 3.63) is 23.8 Å². The van der Waals surface area contributed by atoms with Crippen molar-refractivity contribution in [3.63, 3.8) is 0 Å². The van der Waals surface area contributed by atoms with Gasteiger partial charge in [-0.25, -0.2) is 4.79 Å². The number of nitrogens with one attached hydrogen (secondary N) is 2. The van der Waals surface area contributed by atoms with Gasteiger partial charge in [0.25, 0.3) is 5.91 Å². The second kappa shape index (κ2) is 8.62. The molecular weight excluding hydrogens is 388 g/mol. The maximum Gasteiger partial charge on any atom is 0.387 e. The average molecular weight is 411 g/mol. The van der Waals surface area contributed by atoms with Crippen LogP contribution in [0.4, 0.5) is 13.6 Å². The zero-order chi connectivity index (χ0) is 21.0. The van der Waals surface area contributed by atoms with Gasteiger partial charge in [-0.15, -0.1) is 0 Å². The van der Waals surface area contributed by atoms with Crippen LogP contribution in [-0.2, 0) is 16.1 Å². The van der Waals surface area contributed by atoms with Crippen molar-refractivity contribution in [1.29, 1.82) is 0 Å². The molecule has 10 heteroatoms. The van der Waals surface area contributed by atoms with Crippen LogP contribution < -0.4 is 20.1 Å². The van der Waals surface area contributed by atoms with Crippen LogP contribution >= 0.6 is 0 Å². The molecule has 29 heavy (non-hydrogen) atoms. The zero-order valence-corrected chi connectivity index (χ0v) is 16.0. The number of carbonyl (C=O) groups excluding carboxylic acids is 3. The normalized spacial score (nSPS) is 18.1. The van der Waals surface area contributed by atoms with Crippen LogP contribution in [0.15, 0.2) is 18.2 Å². The van der Waals surface area contributed by atoms with E-state index < -0.39 is 24.1 Å². The van der Waals surface area contributed by atoms with E-state index in [9.17, 15) is 23.2 Å². The number of amides is 4. The van der Waals surface area contributed by atoms with Gasteiger partial charge in [-0.2, -0.15) is 8.78 Å². The first kappa shape index (κ1) is 20.8. The minimum atomic E-state index is -2.98. The molecule has 2 aliphatic rings. The number of ether oxygens (including phenoxy) is 2. The van der Waals surface area contributed by atoms with Crippen LogP contribution in [0.2, 0.25) is 0 Å². The van der Waals surface area contributed by atoms with Gasteiger partial charge < -0.3 is 20.1 Å². The largest absolute Gasteiger partial charge is 0.493 e. The van der Waals surface area contributed by atoms with Crippen molar-refractivity contribution in [2.24, 2.45) is 0 Å². The Morgan fingerprint density at radius 3 is 2.62 bits per heavy atom. The van der Waals surface area contributed by atoms with Crippen LogP contribution in [0.25, 0.3) is 0 Å². The molecule has 1 aromatic rings. The molecule has 3 rings (SSSR count). The maximum atomic E-state index is 12.7. The summed E-state index contributed by atoms with van der Waals surface area (Å²) in [5.74, 6) is -0.874. The van der Waals surface area contributed by atoms with Crippen LogP contribution in [0.3, 0.4) is 0 Å². The summed E-state index contributed by atoms with van der Waals surface area (Å²) in [6.07, 6.45) is 3.92. The van der Waals surface area contributed by atoms with Gasteiger partial charge in [0.15, 0.2) is 11.5 Å². The van der Waals surface area contributed by atoms with E-state index in [1.807, 2.05) is 0 Å². The van der Waals surface area contributed by atoms with E-state index in [1.165, 1.54) is 25.3 Å². The summed E-state index contributed by atoms with van der Waals surface area (Å²) in [6, 6.07) is 3.73. The summed E-state index contributed by atoms with van der Waals surface area (Å²) in [6.45, 7) is -3.29. The summed E-state index contributed by atoms with van der Waals surface area (Å²) >= 11 is 0. The lowest BCUT2D eigenvalue weighted by molar-refractivity contribution is -0.135. The minimum absolute atomic E-state index is 0.0684. The Hall–Kier alpha value is -2.91. The van der Waals surface area contributed by atoms with Crippen molar-refractivity contribution >= 4 is 17.8 Å². The van der Waals surface area contributed by atoms with E-state index in [4.69, 9.17) is 4.74 Å². The van der Waals surface area contributed by atoms with Gasteiger partial charge >= 0.3 is 12.6 Å². The van der Waals surface area contributed by atoms with Gasteiger partial charge in [0, 0.05) is 6.54 Å². The average Bonchev–Trinajstić information content (AvgIpc) is 2.91. The van der Waals surface area contributed by atoms with Gasteiger partial charge in [0.05, 0.1) is 7.11 Å². The molecule has 1 saturated carbocycles. The van der Waals surface area contributed by atoms with Crippen molar-refractivity contribution in [2.75, 3.05) is 13.7 Å². The van der Waals surface area contributed by atoms with E-state index in [2.05, 4.69) is 15.4 Å². The summed E-state index contributed by atoms with van der Waals surface area (Å²) in [4.78, 5) is 38.1. The number of benzene rings is 1. The number of urea groups is 1. The van der Waals surface area contributed by atoms with Crippen LogP contribution in [0, 0.1) is 0 Å². The smallest absolute Gasteiger partial charge is 0.387 e. The Bertz CT molecular complexity index is 796.